The van der Waals surface area contributed by atoms with Crippen LogP contribution in [0.15, 0.2) is 29.2 Å². The number of nitrogens with one attached hydrogen (secondary N) is 1. The van der Waals surface area contributed by atoms with Gasteiger partial charge in [0.05, 0.1) is 10.5 Å². The van der Waals surface area contributed by atoms with E-state index in [-0.39, 0.29) is 10.5 Å². The molecule has 0 aromatic heterocycles. The standard InChI is InChI=1S/C14H18N2O3S/c15-10-13-4-1-2-5-14(13)20(17,18)16-8-3-9-19-11-12-6-7-12/h1-2,4-5,12,16H,3,6-9,11H2. The average molecular weight is 294 g/mol. The lowest BCUT2D eigenvalue weighted by Gasteiger charge is -2.08. The molecule has 5 nitrogen and oxygen atoms in total. The molecule has 0 atom stereocenters. The van der Waals surface area contributed by atoms with Crippen molar-refractivity contribution < 1.29 is 13.2 Å². The zero-order chi connectivity index (χ0) is 14.4. The number of benzene rings is 1. The van der Waals surface area contributed by atoms with Gasteiger partial charge in [-0.3, -0.25) is 0 Å². The fourth-order valence-corrected chi connectivity index (χ4v) is 3.02. The quantitative estimate of drug-likeness (QED) is 0.739. The van der Waals surface area contributed by atoms with E-state index >= 15 is 0 Å². The van der Waals surface area contributed by atoms with Gasteiger partial charge in [0, 0.05) is 19.8 Å². The van der Waals surface area contributed by atoms with E-state index in [2.05, 4.69) is 4.72 Å². The van der Waals surface area contributed by atoms with Gasteiger partial charge in [0.2, 0.25) is 10.0 Å². The second-order valence-electron chi connectivity index (χ2n) is 4.88. The molecule has 0 radical (unpaired) electrons. The summed E-state index contributed by atoms with van der Waals surface area (Å²) in [7, 11) is -3.62. The molecule has 0 aliphatic heterocycles. The molecular weight excluding hydrogens is 276 g/mol. The fourth-order valence-electron chi connectivity index (χ4n) is 1.79. The van der Waals surface area contributed by atoms with Crippen LogP contribution in [0.3, 0.4) is 0 Å². The van der Waals surface area contributed by atoms with Crippen molar-refractivity contribution in [3.05, 3.63) is 29.8 Å². The van der Waals surface area contributed by atoms with Crippen LogP contribution in [0.1, 0.15) is 24.8 Å². The van der Waals surface area contributed by atoms with Gasteiger partial charge in [-0.15, -0.1) is 0 Å². The van der Waals surface area contributed by atoms with Crippen molar-refractivity contribution >= 4 is 10.0 Å². The molecule has 1 aliphatic rings. The van der Waals surface area contributed by atoms with Crippen molar-refractivity contribution in [2.75, 3.05) is 19.8 Å². The van der Waals surface area contributed by atoms with E-state index in [1.165, 1.54) is 25.0 Å². The SMILES string of the molecule is N#Cc1ccccc1S(=O)(=O)NCCCOCC1CC1. The van der Waals surface area contributed by atoms with E-state index in [4.69, 9.17) is 10.00 Å². The van der Waals surface area contributed by atoms with E-state index < -0.39 is 10.0 Å². The first-order valence-corrected chi connectivity index (χ1v) is 8.18. The topological polar surface area (TPSA) is 79.2 Å². The third-order valence-corrected chi connectivity index (χ3v) is 4.62. The van der Waals surface area contributed by atoms with Gasteiger partial charge in [0.1, 0.15) is 6.07 Å². The molecule has 108 valence electrons. The Balaban J connectivity index is 1.79. The van der Waals surface area contributed by atoms with Crippen molar-refractivity contribution in [2.24, 2.45) is 5.92 Å². The van der Waals surface area contributed by atoms with Gasteiger partial charge in [0.25, 0.3) is 0 Å². The Morgan fingerprint density at radius 3 is 2.80 bits per heavy atom. The molecule has 1 saturated carbocycles. The largest absolute Gasteiger partial charge is 0.381 e. The number of hydrogen-bond donors (Lipinski definition) is 1. The molecule has 0 amide bonds. The maximum atomic E-state index is 12.1. The van der Waals surface area contributed by atoms with Gasteiger partial charge in [-0.25, -0.2) is 13.1 Å². The van der Waals surface area contributed by atoms with Crippen LogP contribution in [-0.2, 0) is 14.8 Å². The Bertz CT molecular complexity index is 589. The molecule has 1 aromatic rings. The molecule has 6 heteroatoms. The number of hydrogen-bond acceptors (Lipinski definition) is 4. The highest BCUT2D eigenvalue weighted by atomic mass is 32.2. The first kappa shape index (κ1) is 15.0. The summed E-state index contributed by atoms with van der Waals surface area (Å²) in [6.07, 6.45) is 3.12. The molecule has 1 aliphatic carbocycles. The van der Waals surface area contributed by atoms with Gasteiger partial charge in [-0.05, 0) is 37.3 Å². The average Bonchev–Trinajstić information content (AvgIpc) is 3.26. The molecule has 0 heterocycles. The Kier molecular flexibility index (Phi) is 5.12. The summed E-state index contributed by atoms with van der Waals surface area (Å²) in [5.41, 5.74) is 0.157. The monoisotopic (exact) mass is 294 g/mol. The number of nitriles is 1. The van der Waals surface area contributed by atoms with E-state index in [1.54, 1.807) is 12.1 Å². The molecule has 0 spiro atoms. The lowest BCUT2D eigenvalue weighted by Crippen LogP contribution is -2.26. The maximum absolute atomic E-state index is 12.1. The number of nitrogens with zero attached hydrogens (tertiary/aromatic N) is 1. The van der Waals surface area contributed by atoms with Crippen LogP contribution in [0.5, 0.6) is 0 Å². The van der Waals surface area contributed by atoms with Gasteiger partial charge in [-0.1, -0.05) is 12.1 Å². The molecule has 1 fully saturated rings. The highest BCUT2D eigenvalue weighted by Crippen LogP contribution is 2.28. The highest BCUT2D eigenvalue weighted by molar-refractivity contribution is 7.89. The van der Waals surface area contributed by atoms with Gasteiger partial charge in [-0.2, -0.15) is 5.26 Å². The lowest BCUT2D eigenvalue weighted by atomic mass is 10.2. The van der Waals surface area contributed by atoms with Crippen LogP contribution >= 0.6 is 0 Å². The molecule has 1 N–H and O–H groups in total. The van der Waals surface area contributed by atoms with Crippen molar-refractivity contribution in [2.45, 2.75) is 24.2 Å². The Morgan fingerprint density at radius 2 is 2.10 bits per heavy atom. The normalized spacial score (nSPS) is 14.9. The van der Waals surface area contributed by atoms with Crippen molar-refractivity contribution in [3.63, 3.8) is 0 Å². The van der Waals surface area contributed by atoms with Gasteiger partial charge < -0.3 is 4.74 Å². The Hall–Kier alpha value is -1.42. The molecule has 1 aromatic carbocycles. The van der Waals surface area contributed by atoms with E-state index in [0.29, 0.717) is 25.5 Å². The predicted molar refractivity (Wildman–Crippen MR) is 74.5 cm³/mol. The Labute approximate surface area is 119 Å². The fraction of sp³-hybridized carbons (Fsp3) is 0.500. The molecule has 2 rings (SSSR count). The third-order valence-electron chi connectivity index (χ3n) is 3.11. The van der Waals surface area contributed by atoms with Crippen molar-refractivity contribution in [1.82, 2.24) is 4.72 Å². The van der Waals surface area contributed by atoms with Crippen molar-refractivity contribution in [1.29, 1.82) is 5.26 Å². The van der Waals surface area contributed by atoms with Crippen LogP contribution in [-0.4, -0.2) is 28.2 Å². The lowest BCUT2D eigenvalue weighted by molar-refractivity contribution is 0.123. The third kappa shape index (κ3) is 4.30. The van der Waals surface area contributed by atoms with E-state index in [1.807, 2.05) is 6.07 Å². The van der Waals surface area contributed by atoms with Crippen LogP contribution in [0, 0.1) is 17.2 Å². The summed E-state index contributed by atoms with van der Waals surface area (Å²) >= 11 is 0. The summed E-state index contributed by atoms with van der Waals surface area (Å²) in [4.78, 5) is 0.0291. The number of ether oxygens (including phenoxy) is 1. The molecule has 0 saturated heterocycles. The van der Waals surface area contributed by atoms with Crippen LogP contribution in [0.25, 0.3) is 0 Å². The van der Waals surface area contributed by atoms with Crippen LogP contribution in [0.4, 0.5) is 0 Å². The summed E-state index contributed by atoms with van der Waals surface area (Å²) in [6, 6.07) is 8.06. The van der Waals surface area contributed by atoms with Gasteiger partial charge >= 0.3 is 0 Å². The van der Waals surface area contributed by atoms with E-state index in [0.717, 1.165) is 6.61 Å². The first-order valence-electron chi connectivity index (χ1n) is 6.70. The molecule has 20 heavy (non-hydrogen) atoms. The predicted octanol–water partition coefficient (Wildman–Crippen LogP) is 1.65. The zero-order valence-electron chi connectivity index (χ0n) is 11.2. The zero-order valence-corrected chi connectivity index (χ0v) is 12.0. The minimum Gasteiger partial charge on any atom is -0.381 e. The summed E-state index contributed by atoms with van der Waals surface area (Å²) in [6.45, 7) is 1.65. The second-order valence-corrected chi connectivity index (χ2v) is 6.61. The highest BCUT2D eigenvalue weighted by Gasteiger charge is 2.21. The smallest absolute Gasteiger partial charge is 0.241 e. The number of rotatable bonds is 8. The van der Waals surface area contributed by atoms with E-state index in [9.17, 15) is 8.42 Å². The summed E-state index contributed by atoms with van der Waals surface area (Å²) < 4.78 is 32.1. The molecule has 0 bridgehead atoms. The second kappa shape index (κ2) is 6.84. The summed E-state index contributed by atoms with van der Waals surface area (Å²) in [5, 5.41) is 8.92. The number of sulfonamides is 1. The van der Waals surface area contributed by atoms with Crippen molar-refractivity contribution in [3.8, 4) is 6.07 Å². The summed E-state index contributed by atoms with van der Waals surface area (Å²) in [5.74, 6) is 0.717. The van der Waals surface area contributed by atoms with Gasteiger partial charge in [0.15, 0.2) is 0 Å². The minimum atomic E-state index is -3.62. The van der Waals surface area contributed by atoms with Crippen LogP contribution in [0.2, 0.25) is 0 Å². The van der Waals surface area contributed by atoms with Crippen LogP contribution < -0.4 is 4.72 Å². The minimum absolute atomic E-state index is 0.0291. The molecular formula is C14H18N2O3S. The molecule has 0 unspecified atom stereocenters. The maximum Gasteiger partial charge on any atom is 0.241 e. The first-order chi connectivity index (χ1) is 9.63. The Morgan fingerprint density at radius 1 is 1.35 bits per heavy atom.